The average Bonchev–Trinajstić information content (AvgIpc) is 2.32. The first-order chi connectivity index (χ1) is 8.98. The zero-order valence-corrected chi connectivity index (χ0v) is 11.9. The number of carbonyl (C=O) groups is 2. The van der Waals surface area contributed by atoms with Crippen LogP contribution in [0, 0.1) is 5.41 Å². The van der Waals surface area contributed by atoms with Crippen LogP contribution in [0.4, 0.5) is 0 Å². The van der Waals surface area contributed by atoms with Gasteiger partial charge in [-0.3, -0.25) is 14.5 Å². The van der Waals surface area contributed by atoms with Crippen molar-refractivity contribution >= 4 is 11.8 Å². The molecule has 19 heavy (non-hydrogen) atoms. The van der Waals surface area contributed by atoms with Crippen LogP contribution in [0.1, 0.15) is 39.5 Å². The molecule has 2 heterocycles. The molecule has 0 aromatic heterocycles. The molecule has 5 nitrogen and oxygen atoms in total. The summed E-state index contributed by atoms with van der Waals surface area (Å²) in [6, 6.07) is 0. The lowest BCUT2D eigenvalue weighted by atomic mass is 9.82. The predicted octanol–water partition coefficient (Wildman–Crippen LogP) is 0.930. The largest absolute Gasteiger partial charge is 0.376 e. The van der Waals surface area contributed by atoms with E-state index in [9.17, 15) is 9.59 Å². The molecule has 2 aliphatic heterocycles. The molecule has 0 aliphatic carbocycles. The number of hydrogen-bond acceptors (Lipinski definition) is 4. The van der Waals surface area contributed by atoms with E-state index in [-0.39, 0.29) is 23.3 Å². The number of piperidine rings is 2. The Morgan fingerprint density at radius 1 is 1.21 bits per heavy atom. The first-order valence-electron chi connectivity index (χ1n) is 7.13. The maximum atomic E-state index is 11.9. The summed E-state index contributed by atoms with van der Waals surface area (Å²) in [5.41, 5.74) is -0.194. The normalized spacial score (nSPS) is 24.8. The first kappa shape index (κ1) is 14.5. The number of hydrogen-bond donors (Lipinski definition) is 1. The minimum atomic E-state index is -0.194. The van der Waals surface area contributed by atoms with Crippen LogP contribution in [-0.2, 0) is 14.3 Å². The number of rotatable bonds is 4. The summed E-state index contributed by atoms with van der Waals surface area (Å²) in [4.78, 5) is 25.3. The summed E-state index contributed by atoms with van der Waals surface area (Å²) in [6.45, 7) is 6.76. The Kier molecular flexibility index (Phi) is 4.58. The number of nitrogens with one attached hydrogen (secondary N) is 1. The second kappa shape index (κ2) is 6.01. The molecule has 2 rings (SSSR count). The van der Waals surface area contributed by atoms with Crippen molar-refractivity contribution in [3.05, 3.63) is 0 Å². The van der Waals surface area contributed by atoms with Crippen LogP contribution < -0.4 is 5.32 Å². The van der Waals surface area contributed by atoms with Crippen molar-refractivity contribution in [2.75, 3.05) is 26.2 Å². The van der Waals surface area contributed by atoms with Crippen molar-refractivity contribution in [1.29, 1.82) is 0 Å². The summed E-state index contributed by atoms with van der Waals surface area (Å²) < 4.78 is 5.75. The minimum absolute atomic E-state index is 0.0600. The summed E-state index contributed by atoms with van der Waals surface area (Å²) in [5, 5.41) is 3.28. The van der Waals surface area contributed by atoms with E-state index in [1.165, 1.54) is 4.90 Å². The fourth-order valence-corrected chi connectivity index (χ4v) is 2.73. The lowest BCUT2D eigenvalue weighted by molar-refractivity contribution is -0.153. The summed E-state index contributed by atoms with van der Waals surface area (Å²) >= 11 is 0. The van der Waals surface area contributed by atoms with E-state index < -0.39 is 0 Å². The molecular weight excluding hydrogens is 244 g/mol. The molecule has 0 aromatic carbocycles. The minimum Gasteiger partial charge on any atom is -0.376 e. The quantitative estimate of drug-likeness (QED) is 0.771. The van der Waals surface area contributed by atoms with E-state index in [4.69, 9.17) is 4.74 Å². The van der Waals surface area contributed by atoms with Gasteiger partial charge in [-0.1, -0.05) is 13.8 Å². The van der Waals surface area contributed by atoms with Crippen molar-refractivity contribution < 1.29 is 14.3 Å². The smallest absolute Gasteiger partial charge is 0.229 e. The molecule has 0 saturated carbocycles. The Morgan fingerprint density at radius 3 is 2.37 bits per heavy atom. The van der Waals surface area contributed by atoms with Gasteiger partial charge in [0.05, 0.1) is 19.3 Å². The summed E-state index contributed by atoms with van der Waals surface area (Å²) in [5.74, 6) is -0.120. The molecule has 2 saturated heterocycles. The van der Waals surface area contributed by atoms with Crippen LogP contribution in [0.5, 0.6) is 0 Å². The van der Waals surface area contributed by atoms with Gasteiger partial charge in [0.2, 0.25) is 11.8 Å². The van der Waals surface area contributed by atoms with Crippen LogP contribution in [0.2, 0.25) is 0 Å². The third-order valence-electron chi connectivity index (χ3n) is 3.82. The van der Waals surface area contributed by atoms with Gasteiger partial charge >= 0.3 is 0 Å². The van der Waals surface area contributed by atoms with E-state index in [0.29, 0.717) is 26.0 Å². The van der Waals surface area contributed by atoms with Gasteiger partial charge in [-0.15, -0.1) is 0 Å². The zero-order chi connectivity index (χ0) is 13.9. The fraction of sp³-hybridized carbons (Fsp3) is 0.857. The molecule has 1 N–H and O–H groups in total. The molecule has 0 aromatic rings. The number of amides is 2. The second-order valence-electron chi connectivity index (χ2n) is 6.28. The third kappa shape index (κ3) is 4.01. The fourth-order valence-electron chi connectivity index (χ4n) is 2.73. The SMILES string of the molecule is CC1(C)CC(=O)N(CCOC2CCNCC2)C(=O)C1. The number of likely N-dealkylation sites (tertiary alicyclic amines) is 1. The highest BCUT2D eigenvalue weighted by Gasteiger charge is 2.37. The van der Waals surface area contributed by atoms with E-state index in [1.54, 1.807) is 0 Å². The number of imide groups is 1. The number of ether oxygens (including phenoxy) is 1. The van der Waals surface area contributed by atoms with E-state index in [1.807, 2.05) is 13.8 Å². The van der Waals surface area contributed by atoms with E-state index in [0.717, 1.165) is 25.9 Å². The molecular formula is C14H24N2O3. The Hall–Kier alpha value is -0.940. The number of carbonyl (C=O) groups excluding carboxylic acids is 2. The lowest BCUT2D eigenvalue weighted by Gasteiger charge is -2.35. The summed E-state index contributed by atoms with van der Waals surface area (Å²) in [6.07, 6.45) is 3.19. The molecule has 2 fully saturated rings. The van der Waals surface area contributed by atoms with Crippen molar-refractivity contribution in [1.82, 2.24) is 10.2 Å². The second-order valence-corrected chi connectivity index (χ2v) is 6.28. The Balaban J connectivity index is 1.76. The maximum Gasteiger partial charge on any atom is 0.229 e. The standard InChI is InChI=1S/C14H24N2O3/c1-14(2)9-12(17)16(13(18)10-14)7-8-19-11-3-5-15-6-4-11/h11,15H,3-10H2,1-2H3. The van der Waals surface area contributed by atoms with Crippen molar-refractivity contribution in [3.8, 4) is 0 Å². The molecule has 2 aliphatic rings. The topological polar surface area (TPSA) is 58.6 Å². The lowest BCUT2D eigenvalue weighted by Crippen LogP contribution is -2.47. The zero-order valence-electron chi connectivity index (χ0n) is 11.9. The Morgan fingerprint density at radius 2 is 1.79 bits per heavy atom. The molecule has 0 radical (unpaired) electrons. The highest BCUT2D eigenvalue weighted by atomic mass is 16.5. The Labute approximate surface area is 114 Å². The van der Waals surface area contributed by atoms with Gasteiger partial charge in [-0.25, -0.2) is 0 Å². The van der Waals surface area contributed by atoms with Crippen molar-refractivity contribution in [2.45, 2.75) is 45.6 Å². The van der Waals surface area contributed by atoms with Gasteiger partial charge in [-0.05, 0) is 31.3 Å². The van der Waals surface area contributed by atoms with E-state index >= 15 is 0 Å². The highest BCUT2D eigenvalue weighted by Crippen LogP contribution is 2.31. The first-order valence-corrected chi connectivity index (χ1v) is 7.13. The van der Waals surface area contributed by atoms with Crippen LogP contribution >= 0.6 is 0 Å². The maximum absolute atomic E-state index is 11.9. The van der Waals surface area contributed by atoms with Crippen molar-refractivity contribution in [3.63, 3.8) is 0 Å². The third-order valence-corrected chi connectivity index (χ3v) is 3.82. The van der Waals surface area contributed by atoms with Gasteiger partial charge in [0.15, 0.2) is 0 Å². The molecule has 0 bridgehead atoms. The van der Waals surface area contributed by atoms with Crippen LogP contribution in [0.25, 0.3) is 0 Å². The van der Waals surface area contributed by atoms with Gasteiger partial charge in [-0.2, -0.15) is 0 Å². The average molecular weight is 268 g/mol. The van der Waals surface area contributed by atoms with Crippen LogP contribution in [-0.4, -0.2) is 49.1 Å². The highest BCUT2D eigenvalue weighted by molar-refractivity contribution is 5.98. The molecule has 108 valence electrons. The molecule has 5 heteroatoms. The van der Waals surface area contributed by atoms with Gasteiger partial charge in [0.1, 0.15) is 0 Å². The van der Waals surface area contributed by atoms with Gasteiger partial charge in [0, 0.05) is 12.8 Å². The van der Waals surface area contributed by atoms with Gasteiger partial charge in [0.25, 0.3) is 0 Å². The van der Waals surface area contributed by atoms with Gasteiger partial charge < -0.3 is 10.1 Å². The molecule has 2 amide bonds. The predicted molar refractivity (Wildman–Crippen MR) is 71.6 cm³/mol. The van der Waals surface area contributed by atoms with E-state index in [2.05, 4.69) is 5.32 Å². The molecule has 0 spiro atoms. The van der Waals surface area contributed by atoms with Crippen LogP contribution in [0.15, 0.2) is 0 Å². The monoisotopic (exact) mass is 268 g/mol. The molecule has 0 unspecified atom stereocenters. The molecule has 0 atom stereocenters. The summed E-state index contributed by atoms with van der Waals surface area (Å²) in [7, 11) is 0. The Bertz CT molecular complexity index is 329. The van der Waals surface area contributed by atoms with Crippen LogP contribution in [0.3, 0.4) is 0 Å². The number of nitrogens with zero attached hydrogens (tertiary/aromatic N) is 1. The van der Waals surface area contributed by atoms with Crippen molar-refractivity contribution in [2.24, 2.45) is 5.41 Å².